The molecule has 1 unspecified atom stereocenters. The summed E-state index contributed by atoms with van der Waals surface area (Å²) in [6.07, 6.45) is 0.730. The van der Waals surface area contributed by atoms with Crippen molar-refractivity contribution < 1.29 is 4.79 Å². The van der Waals surface area contributed by atoms with E-state index in [1.807, 2.05) is 25.1 Å². The summed E-state index contributed by atoms with van der Waals surface area (Å²) in [4.78, 5) is 12.7. The predicted octanol–water partition coefficient (Wildman–Crippen LogP) is 2.99. The second kappa shape index (κ2) is 8.47. The highest BCUT2D eigenvalue weighted by Crippen LogP contribution is 2.21. The number of nitrogens with one attached hydrogen (secondary N) is 1. The molecule has 1 aromatic carbocycles. The number of nitrogen functional groups attached to an aromatic ring is 1. The second-order valence-corrected chi connectivity index (χ2v) is 7.12. The van der Waals surface area contributed by atoms with Crippen molar-refractivity contribution >= 4 is 36.0 Å². The first-order chi connectivity index (χ1) is 9.41. The zero-order chi connectivity index (χ0) is 15.1. The topological polar surface area (TPSA) is 55.1 Å². The number of benzene rings is 1. The van der Waals surface area contributed by atoms with Gasteiger partial charge in [0, 0.05) is 17.1 Å². The summed E-state index contributed by atoms with van der Waals surface area (Å²) in [7, 11) is 0. The zero-order valence-electron chi connectivity index (χ0n) is 12.3. The van der Waals surface area contributed by atoms with Gasteiger partial charge >= 0.3 is 0 Å². The van der Waals surface area contributed by atoms with E-state index >= 15 is 0 Å². The lowest BCUT2D eigenvalue weighted by atomic mass is 10.1. The van der Waals surface area contributed by atoms with Gasteiger partial charge in [-0.15, -0.1) is 24.4 Å². The van der Waals surface area contributed by atoms with E-state index in [9.17, 15) is 4.79 Å². The molecule has 0 saturated heterocycles. The zero-order valence-corrected chi connectivity index (χ0v) is 14.1. The van der Waals surface area contributed by atoms with Gasteiger partial charge in [-0.05, 0) is 36.6 Å². The molecule has 0 aliphatic rings. The summed E-state index contributed by atoms with van der Waals surface area (Å²) in [5.41, 5.74) is 7.68. The van der Waals surface area contributed by atoms with Gasteiger partial charge in [-0.3, -0.25) is 4.79 Å². The number of nitrogens with two attached hydrogens (primary N) is 1. The minimum absolute atomic E-state index is 0.00837. The highest BCUT2D eigenvalue weighted by Gasteiger charge is 2.13. The maximum Gasteiger partial charge on any atom is 0.232 e. The highest BCUT2D eigenvalue weighted by molar-refractivity contribution is 8.00. The molecule has 20 heavy (non-hydrogen) atoms. The molecule has 3 nitrogen and oxygen atoms in total. The number of hydrogen-bond donors (Lipinski definition) is 3. The predicted molar refractivity (Wildman–Crippen MR) is 91.6 cm³/mol. The van der Waals surface area contributed by atoms with Crippen LogP contribution in [0.3, 0.4) is 0 Å². The Morgan fingerprint density at radius 3 is 2.75 bits per heavy atom. The fourth-order valence-electron chi connectivity index (χ4n) is 1.69. The number of carbonyl (C=O) groups excluding carboxylic acids is 1. The first-order valence-corrected chi connectivity index (χ1v) is 8.37. The Morgan fingerprint density at radius 2 is 2.10 bits per heavy atom. The Morgan fingerprint density at radius 1 is 1.40 bits per heavy atom. The SMILES string of the molecule is CC(C)CSC(C)C(=O)NCCc1cccc(S)c1N. The molecule has 0 aromatic heterocycles. The van der Waals surface area contributed by atoms with Crippen LogP contribution in [0.25, 0.3) is 0 Å². The molecule has 1 amide bonds. The molecule has 3 N–H and O–H groups in total. The van der Waals surface area contributed by atoms with E-state index in [1.165, 1.54) is 0 Å². The van der Waals surface area contributed by atoms with Crippen molar-refractivity contribution in [2.24, 2.45) is 5.92 Å². The average molecular weight is 313 g/mol. The van der Waals surface area contributed by atoms with Gasteiger partial charge in [0.05, 0.1) is 5.25 Å². The second-order valence-electron chi connectivity index (χ2n) is 5.26. The van der Waals surface area contributed by atoms with E-state index in [0.29, 0.717) is 18.2 Å². The number of anilines is 1. The Labute approximate surface area is 131 Å². The largest absolute Gasteiger partial charge is 0.398 e. The van der Waals surface area contributed by atoms with E-state index in [0.717, 1.165) is 22.6 Å². The van der Waals surface area contributed by atoms with Gasteiger partial charge in [0.25, 0.3) is 0 Å². The van der Waals surface area contributed by atoms with E-state index in [1.54, 1.807) is 11.8 Å². The number of amides is 1. The van der Waals surface area contributed by atoms with Crippen LogP contribution in [0.2, 0.25) is 0 Å². The summed E-state index contributed by atoms with van der Waals surface area (Å²) in [5.74, 6) is 1.70. The highest BCUT2D eigenvalue weighted by atomic mass is 32.2. The monoisotopic (exact) mass is 312 g/mol. The van der Waals surface area contributed by atoms with Crippen molar-refractivity contribution in [3.05, 3.63) is 23.8 Å². The first kappa shape index (κ1) is 17.2. The number of thioether (sulfide) groups is 1. The van der Waals surface area contributed by atoms with Gasteiger partial charge in [-0.1, -0.05) is 26.0 Å². The minimum atomic E-state index is -0.00837. The van der Waals surface area contributed by atoms with Crippen LogP contribution in [0.5, 0.6) is 0 Å². The molecule has 1 aromatic rings. The van der Waals surface area contributed by atoms with Crippen LogP contribution in [-0.2, 0) is 11.2 Å². The molecule has 1 atom stereocenters. The molecule has 0 heterocycles. The molecule has 0 bridgehead atoms. The number of thiol groups is 1. The van der Waals surface area contributed by atoms with Crippen molar-refractivity contribution in [3.8, 4) is 0 Å². The van der Waals surface area contributed by atoms with Gasteiger partial charge in [0.2, 0.25) is 5.91 Å². The van der Waals surface area contributed by atoms with Crippen LogP contribution in [0.15, 0.2) is 23.1 Å². The quantitative estimate of drug-likeness (QED) is 0.536. The molecule has 0 aliphatic heterocycles. The van der Waals surface area contributed by atoms with E-state index in [2.05, 4.69) is 31.8 Å². The van der Waals surface area contributed by atoms with E-state index in [-0.39, 0.29) is 11.2 Å². The summed E-state index contributed by atoms with van der Waals surface area (Å²) < 4.78 is 0. The third-order valence-corrected chi connectivity index (χ3v) is 4.88. The van der Waals surface area contributed by atoms with Gasteiger partial charge < -0.3 is 11.1 Å². The molecule has 0 aliphatic carbocycles. The fraction of sp³-hybridized carbons (Fsp3) is 0.533. The maximum atomic E-state index is 11.9. The van der Waals surface area contributed by atoms with E-state index in [4.69, 9.17) is 5.73 Å². The molecular formula is C15H24N2OS2. The van der Waals surface area contributed by atoms with Gasteiger partial charge in [-0.2, -0.15) is 0 Å². The fourth-order valence-corrected chi connectivity index (χ4v) is 2.83. The molecule has 0 spiro atoms. The summed E-state index contributed by atoms with van der Waals surface area (Å²) in [6.45, 7) is 6.87. The lowest BCUT2D eigenvalue weighted by Gasteiger charge is -2.14. The van der Waals surface area contributed by atoms with Gasteiger partial charge in [0.15, 0.2) is 0 Å². The minimum Gasteiger partial charge on any atom is -0.398 e. The Hall–Kier alpha value is -0.810. The normalized spacial score (nSPS) is 12.4. The number of para-hydroxylation sites is 1. The molecule has 0 radical (unpaired) electrons. The lowest BCUT2D eigenvalue weighted by Crippen LogP contribution is -2.33. The molecule has 112 valence electrons. The number of rotatable bonds is 7. The summed E-state index contributed by atoms with van der Waals surface area (Å²) in [5, 5.41) is 2.95. The Bertz CT molecular complexity index is 449. The smallest absolute Gasteiger partial charge is 0.232 e. The van der Waals surface area contributed by atoms with Gasteiger partial charge in [-0.25, -0.2) is 0 Å². The standard InChI is InChI=1S/C15H24N2OS2/c1-10(2)9-20-11(3)15(18)17-8-7-12-5-4-6-13(19)14(12)16/h4-6,10-11,19H,7-9,16H2,1-3H3,(H,17,18). The Kier molecular flexibility index (Phi) is 7.30. The number of hydrogen-bond acceptors (Lipinski definition) is 4. The van der Waals surface area contributed by atoms with Crippen LogP contribution in [-0.4, -0.2) is 23.5 Å². The van der Waals surface area contributed by atoms with Crippen molar-refractivity contribution in [1.82, 2.24) is 5.32 Å². The van der Waals surface area contributed by atoms with E-state index < -0.39 is 0 Å². The molecule has 5 heteroatoms. The van der Waals surface area contributed by atoms with Crippen molar-refractivity contribution in [1.29, 1.82) is 0 Å². The molecule has 0 fully saturated rings. The van der Waals surface area contributed by atoms with Crippen LogP contribution in [0.1, 0.15) is 26.3 Å². The Balaban J connectivity index is 2.36. The third kappa shape index (κ3) is 5.67. The summed E-state index contributed by atoms with van der Waals surface area (Å²) in [6, 6.07) is 5.76. The summed E-state index contributed by atoms with van der Waals surface area (Å²) >= 11 is 5.99. The van der Waals surface area contributed by atoms with Crippen molar-refractivity contribution in [3.63, 3.8) is 0 Å². The van der Waals surface area contributed by atoms with Crippen LogP contribution < -0.4 is 11.1 Å². The van der Waals surface area contributed by atoms with Crippen LogP contribution in [0, 0.1) is 5.92 Å². The van der Waals surface area contributed by atoms with Crippen molar-refractivity contribution in [2.45, 2.75) is 37.3 Å². The maximum absolute atomic E-state index is 11.9. The molecule has 1 rings (SSSR count). The molecular weight excluding hydrogens is 288 g/mol. The van der Waals surface area contributed by atoms with Gasteiger partial charge in [0.1, 0.15) is 0 Å². The van der Waals surface area contributed by atoms with Crippen molar-refractivity contribution in [2.75, 3.05) is 18.0 Å². The third-order valence-electron chi connectivity index (χ3n) is 2.92. The average Bonchev–Trinajstić information content (AvgIpc) is 2.40. The molecule has 0 saturated carbocycles. The number of carbonyl (C=O) groups is 1. The lowest BCUT2D eigenvalue weighted by molar-refractivity contribution is -0.120. The van der Waals surface area contributed by atoms with Crippen LogP contribution >= 0.6 is 24.4 Å². The first-order valence-electron chi connectivity index (χ1n) is 6.87. The van der Waals surface area contributed by atoms with Crippen LogP contribution in [0.4, 0.5) is 5.69 Å².